The molecule has 0 bridgehead atoms. The van der Waals surface area contributed by atoms with Gasteiger partial charge in [0, 0.05) is 17.9 Å². The van der Waals surface area contributed by atoms with Crippen molar-refractivity contribution >= 4 is 33.2 Å². The Morgan fingerprint density at radius 1 is 1.22 bits per heavy atom. The van der Waals surface area contributed by atoms with E-state index in [0.29, 0.717) is 23.8 Å². The van der Waals surface area contributed by atoms with Gasteiger partial charge in [-0.25, -0.2) is 4.79 Å². The lowest BCUT2D eigenvalue weighted by molar-refractivity contribution is -0.192. The van der Waals surface area contributed by atoms with E-state index >= 15 is 0 Å². The molecule has 0 spiro atoms. The number of carboxylic acids is 1. The minimum atomic E-state index is -4.61. The van der Waals surface area contributed by atoms with Crippen molar-refractivity contribution in [3.8, 4) is 5.75 Å². The molecule has 12 heteroatoms. The molecule has 198 valence electrons. The Labute approximate surface area is 213 Å². The maximum Gasteiger partial charge on any atom is 0.411 e. The molecule has 1 atom stereocenters. The summed E-state index contributed by atoms with van der Waals surface area (Å²) in [6, 6.07) is 12.1. The number of alkyl halides is 3. The minimum absolute atomic E-state index is 0.110. The molecular formula is C25H25F3N2O6S. The Kier molecular flexibility index (Phi) is 8.18. The second-order valence-electron chi connectivity index (χ2n) is 8.59. The largest absolute Gasteiger partial charge is 0.492 e. The average molecular weight is 539 g/mol. The van der Waals surface area contributed by atoms with Crippen molar-refractivity contribution in [2.75, 3.05) is 20.3 Å². The molecule has 1 aliphatic carbocycles. The first-order valence-electron chi connectivity index (χ1n) is 11.5. The third kappa shape index (κ3) is 7.10. The average Bonchev–Trinajstić information content (AvgIpc) is 3.63. The molecule has 0 amide bonds. The number of carboxylic acid groups (broad SMARTS) is 1. The third-order valence-electron chi connectivity index (χ3n) is 5.77. The summed E-state index contributed by atoms with van der Waals surface area (Å²) in [6.07, 6.45) is -4.31. The number of ether oxygens (including phenoxy) is 2. The fourth-order valence-electron chi connectivity index (χ4n) is 3.86. The molecule has 4 rings (SSSR count). The van der Waals surface area contributed by atoms with Crippen molar-refractivity contribution < 1.29 is 37.4 Å². The van der Waals surface area contributed by atoms with E-state index in [1.54, 1.807) is 28.8 Å². The van der Waals surface area contributed by atoms with Crippen molar-refractivity contribution in [1.29, 1.82) is 0 Å². The molecule has 1 aromatic heterocycles. The molecule has 8 nitrogen and oxygen atoms in total. The molecule has 1 unspecified atom stereocenters. The van der Waals surface area contributed by atoms with E-state index in [9.17, 15) is 22.8 Å². The first kappa shape index (κ1) is 26.7. The molecule has 1 fully saturated rings. The fraction of sp³-hybridized carbons (Fsp3) is 0.400. The van der Waals surface area contributed by atoms with Gasteiger partial charge in [0.1, 0.15) is 26.1 Å². The second-order valence-corrected chi connectivity index (χ2v) is 9.58. The zero-order valence-corrected chi connectivity index (χ0v) is 20.7. The van der Waals surface area contributed by atoms with Gasteiger partial charge in [-0.3, -0.25) is 9.36 Å². The summed E-state index contributed by atoms with van der Waals surface area (Å²) in [4.78, 5) is 28.7. The lowest BCUT2D eigenvalue weighted by atomic mass is 10.1. The van der Waals surface area contributed by atoms with Gasteiger partial charge in [-0.05, 0) is 42.7 Å². The summed E-state index contributed by atoms with van der Waals surface area (Å²) in [5, 5.41) is 13.3. The van der Waals surface area contributed by atoms with Gasteiger partial charge in [-0.2, -0.15) is 13.2 Å². The van der Waals surface area contributed by atoms with Crippen LogP contribution in [0.2, 0.25) is 0 Å². The summed E-state index contributed by atoms with van der Waals surface area (Å²) < 4.78 is 49.8. The van der Waals surface area contributed by atoms with Crippen molar-refractivity contribution in [1.82, 2.24) is 4.57 Å². The zero-order valence-electron chi connectivity index (χ0n) is 19.9. The minimum Gasteiger partial charge on any atom is -0.492 e. The Morgan fingerprint density at radius 3 is 2.57 bits per heavy atom. The van der Waals surface area contributed by atoms with E-state index in [0.717, 1.165) is 45.7 Å². The number of rotatable bonds is 12. The van der Waals surface area contributed by atoms with E-state index in [4.69, 9.17) is 14.7 Å². The Morgan fingerprint density at radius 2 is 1.95 bits per heavy atom. The van der Waals surface area contributed by atoms with Crippen LogP contribution in [-0.2, 0) is 27.3 Å². The first-order chi connectivity index (χ1) is 17.6. The number of benzene rings is 2. The molecular weight excluding hydrogens is 513 g/mol. The fourth-order valence-corrected chi connectivity index (χ4v) is 4.82. The van der Waals surface area contributed by atoms with E-state index in [-0.39, 0.29) is 17.9 Å². The maximum atomic E-state index is 12.6. The van der Waals surface area contributed by atoms with E-state index in [1.807, 2.05) is 18.2 Å². The predicted octanol–water partition coefficient (Wildman–Crippen LogP) is 4.48. The number of oxime groups is 1. The molecule has 2 aromatic carbocycles. The van der Waals surface area contributed by atoms with Crippen LogP contribution in [0.15, 0.2) is 52.4 Å². The van der Waals surface area contributed by atoms with Gasteiger partial charge in [-0.1, -0.05) is 34.7 Å². The maximum absolute atomic E-state index is 12.6. The number of nitrogens with zero attached hydrogens (tertiary/aromatic N) is 2. The van der Waals surface area contributed by atoms with Crippen molar-refractivity contribution in [2.45, 2.75) is 38.1 Å². The number of carbonyl (C=O) groups is 1. The molecule has 0 saturated heterocycles. The standard InChI is InChI=1S/C25H25F3N2O6S/c1-34-29-22(16-4-5-16)17-6-9-19-21(13-17)37-24(33)30(19)10-11-35-18-7-2-15(3-8-18)12-20(23(31)32)36-14-25(26,27)28/h2-3,6-9,13,16,20H,4-5,10-12,14H2,1H3,(H,31,32)/b29-22-. The molecule has 1 heterocycles. The van der Waals surface area contributed by atoms with Gasteiger partial charge in [-0.15, -0.1) is 0 Å². The second kappa shape index (κ2) is 11.3. The highest BCUT2D eigenvalue weighted by Gasteiger charge is 2.31. The molecule has 0 radical (unpaired) electrons. The predicted molar refractivity (Wildman–Crippen MR) is 131 cm³/mol. The van der Waals surface area contributed by atoms with E-state index < -0.39 is 24.9 Å². The van der Waals surface area contributed by atoms with Crippen LogP contribution >= 0.6 is 11.3 Å². The van der Waals surface area contributed by atoms with Crippen LogP contribution in [0.3, 0.4) is 0 Å². The van der Waals surface area contributed by atoms with Crippen LogP contribution in [0.5, 0.6) is 5.75 Å². The Bertz CT molecular complexity index is 1330. The van der Waals surface area contributed by atoms with Crippen LogP contribution in [0, 0.1) is 5.92 Å². The number of hydrogen-bond acceptors (Lipinski definition) is 7. The SMILES string of the molecule is CO/N=C(\c1ccc2c(c1)sc(=O)n2CCOc1ccc(CC(OCC(F)(F)F)C(=O)O)cc1)C1CC1. The molecule has 0 aliphatic heterocycles. The lowest BCUT2D eigenvalue weighted by Crippen LogP contribution is -2.31. The molecule has 1 saturated carbocycles. The summed E-state index contributed by atoms with van der Waals surface area (Å²) in [6.45, 7) is -1.11. The Hall–Kier alpha value is -3.38. The normalized spacial score (nSPS) is 15.1. The van der Waals surface area contributed by atoms with Crippen LogP contribution < -0.4 is 9.61 Å². The van der Waals surface area contributed by atoms with Gasteiger partial charge in [0.2, 0.25) is 0 Å². The summed E-state index contributed by atoms with van der Waals surface area (Å²) in [5.41, 5.74) is 3.12. The first-order valence-corrected chi connectivity index (χ1v) is 12.3. The monoisotopic (exact) mass is 538 g/mol. The van der Waals surface area contributed by atoms with Gasteiger partial charge in [0.15, 0.2) is 6.10 Å². The highest BCUT2D eigenvalue weighted by atomic mass is 32.1. The highest BCUT2D eigenvalue weighted by molar-refractivity contribution is 7.16. The highest BCUT2D eigenvalue weighted by Crippen LogP contribution is 2.34. The molecule has 37 heavy (non-hydrogen) atoms. The van der Waals surface area contributed by atoms with Gasteiger partial charge < -0.3 is 19.4 Å². The molecule has 3 aromatic rings. The number of hydrogen-bond donors (Lipinski definition) is 1. The third-order valence-corrected chi connectivity index (χ3v) is 6.71. The number of thiazole rings is 1. The van der Waals surface area contributed by atoms with Crippen LogP contribution in [0.4, 0.5) is 13.2 Å². The summed E-state index contributed by atoms with van der Waals surface area (Å²) >= 11 is 1.15. The Balaban J connectivity index is 1.36. The number of fused-ring (bicyclic) bond motifs is 1. The molecule has 1 N–H and O–H groups in total. The number of halogens is 3. The summed E-state index contributed by atoms with van der Waals surface area (Å²) in [5.74, 6) is -0.607. The van der Waals surface area contributed by atoms with E-state index in [2.05, 4.69) is 9.89 Å². The van der Waals surface area contributed by atoms with Gasteiger partial charge in [0.25, 0.3) is 0 Å². The van der Waals surface area contributed by atoms with Crippen molar-refractivity contribution in [2.24, 2.45) is 11.1 Å². The lowest BCUT2D eigenvalue weighted by Gasteiger charge is -2.15. The van der Waals surface area contributed by atoms with E-state index in [1.165, 1.54) is 7.11 Å². The summed E-state index contributed by atoms with van der Waals surface area (Å²) in [7, 11) is 1.52. The van der Waals surface area contributed by atoms with Crippen LogP contribution in [0.1, 0.15) is 24.0 Å². The van der Waals surface area contributed by atoms with Crippen molar-refractivity contribution in [3.63, 3.8) is 0 Å². The van der Waals surface area contributed by atoms with Gasteiger partial charge in [0.05, 0.1) is 22.5 Å². The van der Waals surface area contributed by atoms with Crippen LogP contribution in [0.25, 0.3) is 10.2 Å². The smallest absolute Gasteiger partial charge is 0.411 e. The quantitative estimate of drug-likeness (QED) is 0.270. The number of aromatic nitrogens is 1. The zero-order chi connectivity index (χ0) is 26.6. The topological polar surface area (TPSA) is 99.4 Å². The van der Waals surface area contributed by atoms with Crippen LogP contribution in [-0.4, -0.2) is 54.0 Å². The molecule has 1 aliphatic rings. The van der Waals surface area contributed by atoms with Gasteiger partial charge >= 0.3 is 17.0 Å². The van der Waals surface area contributed by atoms with Crippen molar-refractivity contribution in [3.05, 3.63) is 63.3 Å². The number of aliphatic carboxylic acids is 1.